The van der Waals surface area contributed by atoms with Crippen molar-refractivity contribution in [3.63, 3.8) is 0 Å². The lowest BCUT2D eigenvalue weighted by Gasteiger charge is -2.14. The molecule has 1 unspecified atom stereocenters. The van der Waals surface area contributed by atoms with E-state index in [0.717, 1.165) is 32.1 Å². The molecule has 0 aromatic heterocycles. The predicted molar refractivity (Wildman–Crippen MR) is 68.8 cm³/mol. The van der Waals surface area contributed by atoms with Crippen LogP contribution in [0.2, 0.25) is 0 Å². The first kappa shape index (κ1) is 16.1. The number of ether oxygens (including phenoxy) is 1. The third kappa shape index (κ3) is 10.0. The molecule has 100 valence electrons. The van der Waals surface area contributed by atoms with E-state index in [-0.39, 0.29) is 11.9 Å². The molecular weight excluding hydrogens is 216 g/mol. The van der Waals surface area contributed by atoms with Crippen LogP contribution < -0.4 is 0 Å². The number of ketones is 1. The van der Waals surface area contributed by atoms with Gasteiger partial charge in [-0.05, 0) is 18.8 Å². The van der Waals surface area contributed by atoms with E-state index in [1.807, 2.05) is 0 Å². The number of carbonyl (C=O) groups is 2. The van der Waals surface area contributed by atoms with Crippen molar-refractivity contribution in [3.8, 4) is 0 Å². The summed E-state index contributed by atoms with van der Waals surface area (Å²) in [5.74, 6) is 0.256. The zero-order chi connectivity index (χ0) is 13.1. The maximum Gasteiger partial charge on any atom is 0.302 e. The van der Waals surface area contributed by atoms with Gasteiger partial charge in [-0.2, -0.15) is 0 Å². The Balaban J connectivity index is 3.88. The highest BCUT2D eigenvalue weighted by molar-refractivity contribution is 5.78. The third-order valence-corrected chi connectivity index (χ3v) is 2.79. The molecule has 0 saturated carbocycles. The molecule has 0 fully saturated rings. The first-order valence-corrected chi connectivity index (χ1v) is 6.75. The monoisotopic (exact) mass is 242 g/mol. The quantitative estimate of drug-likeness (QED) is 0.435. The molecule has 0 N–H and O–H groups in total. The van der Waals surface area contributed by atoms with Crippen LogP contribution in [0.15, 0.2) is 0 Å². The summed E-state index contributed by atoms with van der Waals surface area (Å²) in [6.45, 7) is 6.02. The summed E-state index contributed by atoms with van der Waals surface area (Å²) < 4.78 is 4.99. The van der Waals surface area contributed by atoms with Gasteiger partial charge in [0.15, 0.2) is 0 Å². The fourth-order valence-electron chi connectivity index (χ4n) is 1.88. The van der Waals surface area contributed by atoms with E-state index in [2.05, 4.69) is 13.8 Å². The van der Waals surface area contributed by atoms with Crippen molar-refractivity contribution < 1.29 is 14.3 Å². The van der Waals surface area contributed by atoms with Gasteiger partial charge in [0.25, 0.3) is 0 Å². The van der Waals surface area contributed by atoms with Crippen molar-refractivity contribution in [2.45, 2.75) is 65.7 Å². The lowest BCUT2D eigenvalue weighted by Crippen LogP contribution is -2.16. The molecule has 0 saturated heterocycles. The highest BCUT2D eigenvalue weighted by Gasteiger charge is 2.14. The zero-order valence-electron chi connectivity index (χ0n) is 11.5. The van der Waals surface area contributed by atoms with Gasteiger partial charge in [-0.1, -0.05) is 33.1 Å². The van der Waals surface area contributed by atoms with Crippen LogP contribution in [0, 0.1) is 5.92 Å². The molecule has 0 rings (SSSR count). The Hall–Kier alpha value is -0.860. The van der Waals surface area contributed by atoms with Crippen molar-refractivity contribution >= 4 is 11.8 Å². The second-order valence-corrected chi connectivity index (χ2v) is 4.66. The minimum absolute atomic E-state index is 0.207. The van der Waals surface area contributed by atoms with Crippen LogP contribution in [0.3, 0.4) is 0 Å². The molecule has 0 heterocycles. The van der Waals surface area contributed by atoms with Crippen LogP contribution in [0.4, 0.5) is 0 Å². The Labute approximate surface area is 105 Å². The maximum absolute atomic E-state index is 11.7. The van der Waals surface area contributed by atoms with E-state index in [9.17, 15) is 9.59 Å². The van der Waals surface area contributed by atoms with E-state index in [1.54, 1.807) is 0 Å². The van der Waals surface area contributed by atoms with Crippen molar-refractivity contribution in [2.24, 2.45) is 5.92 Å². The number of hydrogen-bond donors (Lipinski definition) is 0. The van der Waals surface area contributed by atoms with Crippen molar-refractivity contribution in [2.75, 3.05) is 6.61 Å². The summed E-state index contributed by atoms with van der Waals surface area (Å²) in [6, 6.07) is 0. The zero-order valence-corrected chi connectivity index (χ0v) is 11.5. The topological polar surface area (TPSA) is 43.4 Å². The second kappa shape index (κ2) is 10.3. The standard InChI is InChI=1S/C14H26O3/c1-4-6-7-9-14(16)10-13(8-5-2)11-17-12(3)15/h13H,4-11H2,1-3H3. The van der Waals surface area contributed by atoms with Crippen LogP contribution in [0.5, 0.6) is 0 Å². The van der Waals surface area contributed by atoms with Gasteiger partial charge in [0.05, 0.1) is 6.61 Å². The Kier molecular flexibility index (Phi) is 9.78. The van der Waals surface area contributed by atoms with Crippen LogP contribution in [0.25, 0.3) is 0 Å². The van der Waals surface area contributed by atoms with Crippen LogP contribution in [-0.4, -0.2) is 18.4 Å². The molecule has 0 spiro atoms. The summed E-state index contributed by atoms with van der Waals surface area (Å²) in [7, 11) is 0. The fraction of sp³-hybridized carbons (Fsp3) is 0.857. The molecule has 3 heteroatoms. The number of Topliss-reactive ketones (excluding diaryl/α,β-unsaturated/α-hetero) is 1. The number of unbranched alkanes of at least 4 members (excludes halogenated alkanes) is 2. The normalized spacial score (nSPS) is 12.2. The smallest absolute Gasteiger partial charge is 0.302 e. The van der Waals surface area contributed by atoms with Gasteiger partial charge in [0.1, 0.15) is 5.78 Å². The Bertz CT molecular complexity index is 224. The lowest BCUT2D eigenvalue weighted by atomic mass is 9.96. The van der Waals surface area contributed by atoms with Crippen LogP contribution in [0.1, 0.15) is 65.7 Å². The minimum Gasteiger partial charge on any atom is -0.466 e. The molecule has 0 aromatic carbocycles. The number of hydrogen-bond acceptors (Lipinski definition) is 3. The fourth-order valence-corrected chi connectivity index (χ4v) is 1.88. The summed E-state index contributed by atoms with van der Waals surface area (Å²) in [5.41, 5.74) is 0. The van der Waals surface area contributed by atoms with Gasteiger partial charge in [-0.25, -0.2) is 0 Å². The maximum atomic E-state index is 11.7. The van der Waals surface area contributed by atoms with E-state index in [4.69, 9.17) is 4.74 Å². The Morgan fingerprint density at radius 1 is 1.12 bits per heavy atom. The summed E-state index contributed by atoms with van der Waals surface area (Å²) in [5, 5.41) is 0. The van der Waals surface area contributed by atoms with Crippen molar-refractivity contribution in [3.05, 3.63) is 0 Å². The van der Waals surface area contributed by atoms with Crippen molar-refractivity contribution in [1.29, 1.82) is 0 Å². The third-order valence-electron chi connectivity index (χ3n) is 2.79. The summed E-state index contributed by atoms with van der Waals surface area (Å²) >= 11 is 0. The molecule has 0 amide bonds. The second-order valence-electron chi connectivity index (χ2n) is 4.66. The van der Waals surface area contributed by atoms with Crippen LogP contribution >= 0.6 is 0 Å². The van der Waals surface area contributed by atoms with Gasteiger partial charge in [0, 0.05) is 19.8 Å². The molecule has 0 aliphatic heterocycles. The summed E-state index contributed by atoms with van der Waals surface area (Å²) in [4.78, 5) is 22.4. The predicted octanol–water partition coefficient (Wildman–Crippen LogP) is 3.51. The number of rotatable bonds is 10. The van der Waals surface area contributed by atoms with Crippen LogP contribution in [-0.2, 0) is 14.3 Å². The molecule has 0 aromatic rings. The highest BCUT2D eigenvalue weighted by Crippen LogP contribution is 2.15. The largest absolute Gasteiger partial charge is 0.466 e. The number of carbonyl (C=O) groups excluding carboxylic acids is 2. The highest BCUT2D eigenvalue weighted by atomic mass is 16.5. The SMILES string of the molecule is CCCCCC(=O)CC(CCC)COC(C)=O. The van der Waals surface area contributed by atoms with E-state index in [1.165, 1.54) is 6.92 Å². The van der Waals surface area contributed by atoms with E-state index >= 15 is 0 Å². The molecule has 0 aliphatic rings. The summed E-state index contributed by atoms with van der Waals surface area (Å²) in [6.07, 6.45) is 6.45. The average Bonchev–Trinajstić information content (AvgIpc) is 2.26. The Morgan fingerprint density at radius 3 is 2.35 bits per heavy atom. The molecule has 0 aliphatic carbocycles. The van der Waals surface area contributed by atoms with E-state index < -0.39 is 0 Å². The van der Waals surface area contributed by atoms with Gasteiger partial charge >= 0.3 is 5.97 Å². The number of esters is 1. The lowest BCUT2D eigenvalue weighted by molar-refractivity contribution is -0.143. The molecule has 17 heavy (non-hydrogen) atoms. The van der Waals surface area contributed by atoms with Crippen molar-refractivity contribution in [1.82, 2.24) is 0 Å². The first-order chi connectivity index (χ1) is 8.10. The Morgan fingerprint density at radius 2 is 1.82 bits per heavy atom. The van der Waals surface area contributed by atoms with Gasteiger partial charge < -0.3 is 4.74 Å². The molecule has 0 radical (unpaired) electrons. The van der Waals surface area contributed by atoms with Gasteiger partial charge in [-0.15, -0.1) is 0 Å². The minimum atomic E-state index is -0.260. The average molecular weight is 242 g/mol. The first-order valence-electron chi connectivity index (χ1n) is 6.75. The molecular formula is C14H26O3. The van der Waals surface area contributed by atoms with Gasteiger partial charge in [-0.3, -0.25) is 9.59 Å². The van der Waals surface area contributed by atoms with E-state index in [0.29, 0.717) is 25.2 Å². The van der Waals surface area contributed by atoms with Gasteiger partial charge in [0.2, 0.25) is 0 Å². The molecule has 1 atom stereocenters. The molecule has 3 nitrogen and oxygen atoms in total. The molecule has 0 bridgehead atoms.